The van der Waals surface area contributed by atoms with Crippen LogP contribution in [0.25, 0.3) is 0 Å². The molecule has 1 heterocycles. The van der Waals surface area contributed by atoms with Crippen LogP contribution in [0.1, 0.15) is 20.7 Å². The topological polar surface area (TPSA) is 90.0 Å². The van der Waals surface area contributed by atoms with E-state index in [0.29, 0.717) is 0 Å². The fraction of sp³-hybridized carbons (Fsp3) is 0.0833. The first kappa shape index (κ1) is 12.7. The first-order valence-corrected chi connectivity index (χ1v) is 5.37. The van der Waals surface area contributed by atoms with Crippen LogP contribution >= 0.6 is 0 Å². The molecule has 19 heavy (non-hydrogen) atoms. The molecule has 1 aromatic heterocycles. The van der Waals surface area contributed by atoms with Crippen molar-refractivity contribution < 1.29 is 14.0 Å². The molecule has 2 aromatic rings. The van der Waals surface area contributed by atoms with Gasteiger partial charge in [-0.3, -0.25) is 14.3 Å². The third-order valence-corrected chi connectivity index (χ3v) is 2.54. The summed E-state index contributed by atoms with van der Waals surface area (Å²) >= 11 is 0. The summed E-state index contributed by atoms with van der Waals surface area (Å²) in [6, 6.07) is 5.02. The molecule has 0 aliphatic rings. The second kappa shape index (κ2) is 4.89. The van der Waals surface area contributed by atoms with Crippen LogP contribution in [0.2, 0.25) is 0 Å². The molecule has 0 spiro atoms. The first-order valence-electron chi connectivity index (χ1n) is 5.37. The SMILES string of the molecule is Cn1ncc(C(N)=O)c1NC(=O)c1ccc(F)cc1. The maximum absolute atomic E-state index is 12.8. The normalized spacial score (nSPS) is 10.2. The highest BCUT2D eigenvalue weighted by molar-refractivity contribution is 6.07. The molecule has 0 unspecified atom stereocenters. The van der Waals surface area contributed by atoms with E-state index in [4.69, 9.17) is 5.73 Å². The molecule has 98 valence electrons. The van der Waals surface area contributed by atoms with Crippen LogP contribution in [0.3, 0.4) is 0 Å². The summed E-state index contributed by atoms with van der Waals surface area (Å²) in [6.45, 7) is 0. The Hall–Kier alpha value is -2.70. The molecule has 1 aromatic carbocycles. The van der Waals surface area contributed by atoms with Gasteiger partial charge in [0.2, 0.25) is 0 Å². The molecule has 0 saturated carbocycles. The minimum Gasteiger partial charge on any atom is -0.365 e. The summed E-state index contributed by atoms with van der Waals surface area (Å²) in [7, 11) is 1.56. The molecular formula is C12H11FN4O2. The third kappa shape index (κ3) is 2.59. The standard InChI is InChI=1S/C12H11FN4O2/c1-17-11(9(6-15-17)10(14)18)16-12(19)7-2-4-8(13)5-3-7/h2-6H,1H3,(H2,14,18)(H,16,19). The number of amides is 2. The molecule has 7 heteroatoms. The van der Waals surface area contributed by atoms with Crippen molar-refractivity contribution >= 4 is 17.6 Å². The highest BCUT2D eigenvalue weighted by atomic mass is 19.1. The number of halogens is 1. The molecule has 2 rings (SSSR count). The van der Waals surface area contributed by atoms with Gasteiger partial charge in [0.25, 0.3) is 11.8 Å². The monoisotopic (exact) mass is 262 g/mol. The highest BCUT2D eigenvalue weighted by Crippen LogP contribution is 2.14. The minimum absolute atomic E-state index is 0.109. The van der Waals surface area contributed by atoms with Crippen LogP contribution in [-0.4, -0.2) is 21.6 Å². The lowest BCUT2D eigenvalue weighted by atomic mass is 10.2. The summed E-state index contributed by atoms with van der Waals surface area (Å²) in [6.07, 6.45) is 1.27. The van der Waals surface area contributed by atoms with E-state index in [-0.39, 0.29) is 16.9 Å². The van der Waals surface area contributed by atoms with E-state index in [9.17, 15) is 14.0 Å². The van der Waals surface area contributed by atoms with Crippen LogP contribution in [0.5, 0.6) is 0 Å². The molecule has 0 radical (unpaired) electrons. The largest absolute Gasteiger partial charge is 0.365 e. The molecule has 0 saturated heterocycles. The van der Waals surface area contributed by atoms with Gasteiger partial charge in [-0.05, 0) is 24.3 Å². The van der Waals surface area contributed by atoms with Crippen molar-refractivity contribution in [1.82, 2.24) is 9.78 Å². The maximum atomic E-state index is 12.8. The fourth-order valence-electron chi connectivity index (χ4n) is 1.55. The average molecular weight is 262 g/mol. The van der Waals surface area contributed by atoms with Crippen LogP contribution in [0, 0.1) is 5.82 Å². The summed E-state index contributed by atoms with van der Waals surface area (Å²) in [5.74, 6) is -1.41. The Labute approximate surface area is 108 Å². The molecular weight excluding hydrogens is 251 g/mol. The zero-order valence-corrected chi connectivity index (χ0v) is 10.1. The van der Waals surface area contributed by atoms with Crippen molar-refractivity contribution in [2.45, 2.75) is 0 Å². The lowest BCUT2D eigenvalue weighted by Crippen LogP contribution is -2.19. The number of benzene rings is 1. The Morgan fingerprint density at radius 1 is 1.32 bits per heavy atom. The van der Waals surface area contributed by atoms with E-state index in [1.165, 1.54) is 35.1 Å². The van der Waals surface area contributed by atoms with E-state index in [0.717, 1.165) is 0 Å². The zero-order valence-electron chi connectivity index (χ0n) is 10.1. The van der Waals surface area contributed by atoms with Gasteiger partial charge < -0.3 is 11.1 Å². The van der Waals surface area contributed by atoms with Gasteiger partial charge in [-0.2, -0.15) is 5.10 Å². The molecule has 0 bridgehead atoms. The molecule has 0 fully saturated rings. The number of hydrogen-bond acceptors (Lipinski definition) is 3. The van der Waals surface area contributed by atoms with E-state index in [1.54, 1.807) is 7.05 Å². The Morgan fingerprint density at radius 3 is 2.53 bits per heavy atom. The van der Waals surface area contributed by atoms with E-state index in [1.807, 2.05) is 0 Å². The quantitative estimate of drug-likeness (QED) is 0.861. The minimum atomic E-state index is -0.692. The number of rotatable bonds is 3. The first-order chi connectivity index (χ1) is 8.99. The van der Waals surface area contributed by atoms with Crippen molar-refractivity contribution in [3.8, 4) is 0 Å². The number of carbonyl (C=O) groups excluding carboxylic acids is 2. The molecule has 6 nitrogen and oxygen atoms in total. The summed E-state index contributed by atoms with van der Waals surface area (Å²) in [5.41, 5.74) is 5.54. The Kier molecular flexibility index (Phi) is 3.28. The predicted octanol–water partition coefficient (Wildman–Crippen LogP) is 0.910. The smallest absolute Gasteiger partial charge is 0.256 e. The number of primary amides is 1. The number of aryl methyl sites for hydroxylation is 1. The van der Waals surface area contributed by atoms with Crippen LogP contribution in [0.15, 0.2) is 30.5 Å². The van der Waals surface area contributed by atoms with Gasteiger partial charge >= 0.3 is 0 Å². The van der Waals surface area contributed by atoms with Crippen molar-refractivity contribution in [2.75, 3.05) is 5.32 Å². The van der Waals surface area contributed by atoms with Crippen molar-refractivity contribution in [3.05, 3.63) is 47.4 Å². The van der Waals surface area contributed by atoms with Gasteiger partial charge in [-0.25, -0.2) is 4.39 Å². The van der Waals surface area contributed by atoms with E-state index < -0.39 is 17.6 Å². The second-order valence-electron chi connectivity index (χ2n) is 3.86. The van der Waals surface area contributed by atoms with E-state index in [2.05, 4.69) is 10.4 Å². The average Bonchev–Trinajstić information content (AvgIpc) is 2.72. The number of nitrogens with one attached hydrogen (secondary N) is 1. The van der Waals surface area contributed by atoms with Gasteiger partial charge in [0.1, 0.15) is 17.2 Å². The summed E-state index contributed by atoms with van der Waals surface area (Å²) < 4.78 is 14.1. The number of hydrogen-bond donors (Lipinski definition) is 2. The Morgan fingerprint density at radius 2 is 1.95 bits per heavy atom. The highest BCUT2D eigenvalue weighted by Gasteiger charge is 2.16. The number of nitrogens with two attached hydrogens (primary N) is 1. The van der Waals surface area contributed by atoms with Crippen molar-refractivity contribution in [3.63, 3.8) is 0 Å². The second-order valence-corrected chi connectivity index (χ2v) is 3.86. The van der Waals surface area contributed by atoms with Crippen LogP contribution < -0.4 is 11.1 Å². The zero-order chi connectivity index (χ0) is 14.0. The number of nitrogens with zero attached hydrogens (tertiary/aromatic N) is 2. The molecule has 0 atom stereocenters. The van der Waals surface area contributed by atoms with Gasteiger partial charge in [0.15, 0.2) is 0 Å². The van der Waals surface area contributed by atoms with Crippen molar-refractivity contribution in [1.29, 1.82) is 0 Å². The van der Waals surface area contributed by atoms with E-state index >= 15 is 0 Å². The number of carbonyl (C=O) groups is 2. The number of aromatic nitrogens is 2. The number of anilines is 1. The molecule has 2 amide bonds. The van der Waals surface area contributed by atoms with Crippen LogP contribution in [0.4, 0.5) is 10.2 Å². The van der Waals surface area contributed by atoms with Crippen LogP contribution in [-0.2, 0) is 7.05 Å². The Balaban J connectivity index is 2.26. The van der Waals surface area contributed by atoms with Gasteiger partial charge in [0.05, 0.1) is 6.20 Å². The fourth-order valence-corrected chi connectivity index (χ4v) is 1.55. The summed E-state index contributed by atoms with van der Waals surface area (Å²) in [5, 5.41) is 6.35. The third-order valence-electron chi connectivity index (χ3n) is 2.54. The Bertz CT molecular complexity index is 634. The van der Waals surface area contributed by atoms with Gasteiger partial charge in [-0.15, -0.1) is 0 Å². The van der Waals surface area contributed by atoms with Crippen molar-refractivity contribution in [2.24, 2.45) is 12.8 Å². The maximum Gasteiger partial charge on any atom is 0.256 e. The predicted molar refractivity (Wildman–Crippen MR) is 66.1 cm³/mol. The van der Waals surface area contributed by atoms with Gasteiger partial charge in [-0.1, -0.05) is 0 Å². The lowest BCUT2D eigenvalue weighted by Gasteiger charge is -2.07. The van der Waals surface area contributed by atoms with Gasteiger partial charge in [0, 0.05) is 12.6 Å². The molecule has 3 N–H and O–H groups in total. The lowest BCUT2D eigenvalue weighted by molar-refractivity contribution is 0.100. The molecule has 0 aliphatic heterocycles. The summed E-state index contributed by atoms with van der Waals surface area (Å²) in [4.78, 5) is 23.1. The molecule has 0 aliphatic carbocycles.